The molecule has 3 heterocycles. The van der Waals surface area contributed by atoms with Gasteiger partial charge in [0.05, 0.1) is 0 Å². The van der Waals surface area contributed by atoms with Crippen LogP contribution < -0.4 is 15.5 Å². The van der Waals surface area contributed by atoms with E-state index >= 15 is 0 Å². The average molecular weight is 352 g/mol. The molecule has 0 saturated carbocycles. The number of hydrogen-bond acceptors (Lipinski definition) is 6. The van der Waals surface area contributed by atoms with E-state index in [0.29, 0.717) is 23.7 Å². The average Bonchev–Trinajstić information content (AvgIpc) is 3.15. The first-order chi connectivity index (χ1) is 12.8. The van der Waals surface area contributed by atoms with Crippen molar-refractivity contribution in [1.82, 2.24) is 30.7 Å². The van der Waals surface area contributed by atoms with Crippen LogP contribution in [0.4, 0.5) is 16.4 Å². The topological polar surface area (TPSA) is 112 Å². The van der Waals surface area contributed by atoms with Gasteiger partial charge in [-0.1, -0.05) is 0 Å². The molecule has 1 saturated heterocycles. The largest absolute Gasteiger partial charge is 0.340 e. The van der Waals surface area contributed by atoms with Crippen LogP contribution in [0.1, 0.15) is 12.8 Å². The van der Waals surface area contributed by atoms with Gasteiger partial charge >= 0.3 is 6.03 Å². The number of nitrogens with one attached hydrogen (secondary N) is 3. The highest BCUT2D eigenvalue weighted by atomic mass is 16.2. The number of piperidine rings is 1. The molecule has 0 aliphatic carbocycles. The number of fused-ring (bicyclic) bond motifs is 1. The number of nitrogens with zero attached hydrogens (tertiary/aromatic N) is 5. The van der Waals surface area contributed by atoms with E-state index in [-0.39, 0.29) is 6.03 Å². The van der Waals surface area contributed by atoms with Gasteiger partial charge in [0.1, 0.15) is 11.0 Å². The quantitative estimate of drug-likeness (QED) is 0.660. The number of H-pyrrole nitrogens is 1. The van der Waals surface area contributed by atoms with E-state index in [1.54, 1.807) is 24.5 Å². The van der Waals surface area contributed by atoms with Crippen LogP contribution in [0.15, 0.2) is 36.7 Å². The summed E-state index contributed by atoms with van der Waals surface area (Å²) in [7, 11) is 0. The number of carbonyl (C=O) groups excluding carboxylic acids is 1. The summed E-state index contributed by atoms with van der Waals surface area (Å²) in [6, 6.07) is 6.99. The minimum Gasteiger partial charge on any atom is -0.340 e. The van der Waals surface area contributed by atoms with E-state index in [1.165, 1.54) is 0 Å². The molecule has 134 valence electrons. The van der Waals surface area contributed by atoms with Gasteiger partial charge in [-0.05, 0) is 43.0 Å². The SMILES string of the molecule is O=C(NC[C@H]1CCCN(c2ncccn2)C1)Nc1ccc2n[nH]nc2c1. The lowest BCUT2D eigenvalue weighted by molar-refractivity contribution is 0.249. The van der Waals surface area contributed by atoms with Crippen LogP contribution in [-0.2, 0) is 0 Å². The van der Waals surface area contributed by atoms with Crippen molar-refractivity contribution in [3.63, 3.8) is 0 Å². The highest BCUT2D eigenvalue weighted by Gasteiger charge is 2.22. The van der Waals surface area contributed by atoms with Crippen molar-refractivity contribution in [2.45, 2.75) is 12.8 Å². The Labute approximate surface area is 150 Å². The van der Waals surface area contributed by atoms with Gasteiger partial charge in [0.25, 0.3) is 0 Å². The molecule has 3 N–H and O–H groups in total. The van der Waals surface area contributed by atoms with Crippen LogP contribution in [0, 0.1) is 5.92 Å². The maximum absolute atomic E-state index is 12.2. The third kappa shape index (κ3) is 3.71. The Hall–Kier alpha value is -3.23. The van der Waals surface area contributed by atoms with Crippen LogP contribution in [0.5, 0.6) is 0 Å². The molecule has 1 fully saturated rings. The van der Waals surface area contributed by atoms with E-state index < -0.39 is 0 Å². The van der Waals surface area contributed by atoms with E-state index in [2.05, 4.69) is 40.9 Å². The van der Waals surface area contributed by atoms with Crippen molar-refractivity contribution in [3.05, 3.63) is 36.7 Å². The van der Waals surface area contributed by atoms with Gasteiger partial charge in [0, 0.05) is 37.7 Å². The van der Waals surface area contributed by atoms with Crippen LogP contribution in [0.2, 0.25) is 0 Å². The summed E-state index contributed by atoms with van der Waals surface area (Å²) in [6.45, 7) is 2.40. The number of rotatable bonds is 4. The molecule has 1 aliphatic heterocycles. The lowest BCUT2D eigenvalue weighted by Crippen LogP contribution is -2.42. The summed E-state index contributed by atoms with van der Waals surface area (Å²) in [6.07, 6.45) is 5.65. The van der Waals surface area contributed by atoms with Crippen molar-refractivity contribution in [1.29, 1.82) is 0 Å². The Morgan fingerprint density at radius 3 is 2.96 bits per heavy atom. The van der Waals surface area contributed by atoms with Gasteiger partial charge in [-0.15, -0.1) is 0 Å². The molecule has 2 aromatic heterocycles. The first kappa shape index (κ1) is 16.2. The third-order valence-electron chi connectivity index (χ3n) is 4.48. The number of anilines is 2. The predicted octanol–water partition coefficient (Wildman–Crippen LogP) is 1.79. The first-order valence-corrected chi connectivity index (χ1v) is 8.65. The summed E-state index contributed by atoms with van der Waals surface area (Å²) >= 11 is 0. The van der Waals surface area contributed by atoms with Crippen molar-refractivity contribution >= 4 is 28.7 Å². The highest BCUT2D eigenvalue weighted by molar-refractivity contribution is 5.91. The highest BCUT2D eigenvalue weighted by Crippen LogP contribution is 2.19. The number of aromatic amines is 1. The van der Waals surface area contributed by atoms with Gasteiger partial charge in [0.2, 0.25) is 5.95 Å². The Kier molecular flexibility index (Phi) is 4.59. The van der Waals surface area contributed by atoms with Gasteiger partial charge in [0.15, 0.2) is 0 Å². The fourth-order valence-electron chi connectivity index (χ4n) is 3.20. The lowest BCUT2D eigenvalue weighted by Gasteiger charge is -2.32. The Bertz CT molecular complexity index is 881. The van der Waals surface area contributed by atoms with Crippen LogP contribution in [0.3, 0.4) is 0 Å². The molecule has 4 rings (SSSR count). The first-order valence-electron chi connectivity index (χ1n) is 8.65. The monoisotopic (exact) mass is 352 g/mol. The molecule has 0 radical (unpaired) electrons. The molecule has 26 heavy (non-hydrogen) atoms. The molecule has 1 aromatic carbocycles. The summed E-state index contributed by atoms with van der Waals surface area (Å²) in [5.41, 5.74) is 2.17. The molecule has 0 bridgehead atoms. The summed E-state index contributed by atoms with van der Waals surface area (Å²) in [5.74, 6) is 1.12. The van der Waals surface area contributed by atoms with Crippen molar-refractivity contribution in [2.75, 3.05) is 29.9 Å². The van der Waals surface area contributed by atoms with Crippen LogP contribution in [-0.4, -0.2) is 51.0 Å². The van der Waals surface area contributed by atoms with E-state index in [1.807, 2.05) is 12.1 Å². The van der Waals surface area contributed by atoms with E-state index in [9.17, 15) is 4.79 Å². The molecule has 9 heteroatoms. The molecule has 2 amide bonds. The minimum absolute atomic E-state index is 0.221. The minimum atomic E-state index is -0.221. The number of benzene rings is 1. The second kappa shape index (κ2) is 7.34. The molecule has 3 aromatic rings. The molecule has 1 atom stereocenters. The van der Waals surface area contributed by atoms with E-state index in [4.69, 9.17) is 0 Å². The summed E-state index contributed by atoms with van der Waals surface area (Å²) < 4.78 is 0. The van der Waals surface area contributed by atoms with Crippen LogP contribution in [0.25, 0.3) is 11.0 Å². The zero-order valence-corrected chi connectivity index (χ0v) is 14.2. The zero-order chi connectivity index (χ0) is 17.8. The van der Waals surface area contributed by atoms with Gasteiger partial charge < -0.3 is 15.5 Å². The number of hydrogen-bond donors (Lipinski definition) is 3. The number of urea groups is 1. The third-order valence-corrected chi connectivity index (χ3v) is 4.48. The zero-order valence-electron chi connectivity index (χ0n) is 14.2. The maximum atomic E-state index is 12.2. The predicted molar refractivity (Wildman–Crippen MR) is 97.9 cm³/mol. The van der Waals surface area contributed by atoms with E-state index in [0.717, 1.165) is 37.4 Å². The smallest absolute Gasteiger partial charge is 0.319 e. The standard InChI is InChI=1S/C17H20N8O/c26-17(21-13-4-5-14-15(9-13)23-24-22-14)20-10-12-3-1-8-25(11-12)16-18-6-2-7-19-16/h2,4-7,9,12H,1,3,8,10-11H2,(H2,20,21,26)(H,22,23,24)/t12-/m1/s1. The lowest BCUT2D eigenvalue weighted by atomic mass is 9.98. The van der Waals surface area contributed by atoms with Gasteiger partial charge in [-0.25, -0.2) is 14.8 Å². The van der Waals surface area contributed by atoms with Crippen molar-refractivity contribution in [2.24, 2.45) is 5.92 Å². The molecule has 1 aliphatic rings. The Morgan fingerprint density at radius 1 is 1.23 bits per heavy atom. The molecule has 9 nitrogen and oxygen atoms in total. The molecular weight excluding hydrogens is 332 g/mol. The number of amides is 2. The fraction of sp³-hybridized carbons (Fsp3) is 0.353. The second-order valence-electron chi connectivity index (χ2n) is 6.37. The second-order valence-corrected chi connectivity index (χ2v) is 6.37. The van der Waals surface area contributed by atoms with Crippen LogP contribution >= 0.6 is 0 Å². The summed E-state index contributed by atoms with van der Waals surface area (Å²) in [5, 5.41) is 16.4. The number of carbonyl (C=O) groups is 1. The Morgan fingerprint density at radius 2 is 2.08 bits per heavy atom. The molecular formula is C17H20N8O. The Balaban J connectivity index is 1.29. The summed E-state index contributed by atoms with van der Waals surface area (Å²) in [4.78, 5) is 23.0. The van der Waals surface area contributed by atoms with Crippen molar-refractivity contribution in [3.8, 4) is 0 Å². The maximum Gasteiger partial charge on any atom is 0.319 e. The fourth-order valence-corrected chi connectivity index (χ4v) is 3.20. The number of aromatic nitrogens is 5. The van der Waals surface area contributed by atoms with Crippen molar-refractivity contribution < 1.29 is 4.79 Å². The van der Waals surface area contributed by atoms with Gasteiger partial charge in [-0.2, -0.15) is 15.4 Å². The normalized spacial score (nSPS) is 17.2. The van der Waals surface area contributed by atoms with Gasteiger partial charge in [-0.3, -0.25) is 0 Å². The molecule has 0 unspecified atom stereocenters. The molecule has 0 spiro atoms.